The first-order valence-corrected chi connectivity index (χ1v) is 4.11. The van der Waals surface area contributed by atoms with Crippen LogP contribution in [0, 0.1) is 0 Å². The van der Waals surface area contributed by atoms with Gasteiger partial charge >= 0.3 is 16.4 Å². The minimum atomic E-state index is -4.27. The van der Waals surface area contributed by atoms with Crippen LogP contribution in [0.1, 0.15) is 0 Å². The van der Waals surface area contributed by atoms with E-state index in [1.807, 2.05) is 0 Å². The summed E-state index contributed by atoms with van der Waals surface area (Å²) < 4.78 is 29.1. The highest BCUT2D eigenvalue weighted by molar-refractivity contribution is 7.81. The molecule has 0 radical (unpaired) electrons. The van der Waals surface area contributed by atoms with E-state index in [2.05, 4.69) is 8.57 Å². The summed E-state index contributed by atoms with van der Waals surface area (Å²) in [6, 6.07) is -0.935. The Bertz CT molecular complexity index is 359. The van der Waals surface area contributed by atoms with E-state index >= 15 is 0 Å². The molecular weight excluding hydrogens is 192 g/mol. The van der Waals surface area contributed by atoms with Gasteiger partial charge in [0.05, 0.1) is 0 Å². The maximum absolute atomic E-state index is 10.8. The van der Waals surface area contributed by atoms with Gasteiger partial charge in [0.1, 0.15) is 6.54 Å². The Kier molecular flexibility index (Phi) is 1.21. The van der Waals surface area contributed by atoms with Gasteiger partial charge in [0.25, 0.3) is 5.91 Å². The molecule has 0 aromatic heterocycles. The first kappa shape index (κ1) is 7.46. The smallest absolute Gasteiger partial charge is 0.270 e. The first-order chi connectivity index (χ1) is 5.49. The summed E-state index contributed by atoms with van der Waals surface area (Å²) in [6.07, 6.45) is 0. The second-order valence-corrected chi connectivity index (χ2v) is 3.18. The van der Waals surface area contributed by atoms with E-state index in [0.717, 1.165) is 0 Å². The van der Waals surface area contributed by atoms with Gasteiger partial charge in [-0.1, -0.05) is 0 Å². The summed E-state index contributed by atoms with van der Waals surface area (Å²) in [7, 11) is -4.27. The van der Waals surface area contributed by atoms with Crippen molar-refractivity contribution in [2.75, 3.05) is 6.54 Å². The molecule has 2 aliphatic heterocycles. The van der Waals surface area contributed by atoms with Gasteiger partial charge in [0, 0.05) is 0 Å². The third-order valence-corrected chi connectivity index (χ3v) is 1.93. The Hall–Kier alpha value is -1.19. The van der Waals surface area contributed by atoms with E-state index in [1.165, 1.54) is 0 Å². The van der Waals surface area contributed by atoms with E-state index in [4.69, 9.17) is 0 Å². The van der Waals surface area contributed by atoms with Crippen LogP contribution in [0.5, 0.6) is 0 Å². The van der Waals surface area contributed by atoms with Crippen LogP contribution < -0.4 is 0 Å². The number of hydroxylamine groups is 4. The topological polar surface area (TPSA) is 93.2 Å². The SMILES string of the molecule is O=C1CN2OS(=O)(=O)ON1C2=O. The number of carbonyl (C=O) groups is 2. The number of imide groups is 1. The predicted octanol–water partition coefficient (Wildman–Crippen LogP) is -1.63. The van der Waals surface area contributed by atoms with Crippen molar-refractivity contribution in [2.45, 2.75) is 0 Å². The lowest BCUT2D eigenvalue weighted by Gasteiger charge is -2.19. The average molecular weight is 194 g/mol. The second-order valence-electron chi connectivity index (χ2n) is 2.06. The lowest BCUT2D eigenvalue weighted by molar-refractivity contribution is -0.143. The molecule has 9 heteroatoms. The van der Waals surface area contributed by atoms with Crippen molar-refractivity contribution in [3.63, 3.8) is 0 Å². The molecule has 12 heavy (non-hydrogen) atoms. The lowest BCUT2D eigenvalue weighted by atomic mass is 10.6. The van der Waals surface area contributed by atoms with Gasteiger partial charge < -0.3 is 0 Å². The number of hydrogen-bond donors (Lipinski definition) is 0. The summed E-state index contributed by atoms with van der Waals surface area (Å²) in [4.78, 5) is 21.6. The van der Waals surface area contributed by atoms with Crippen LogP contribution in [-0.4, -0.2) is 37.0 Å². The number of nitrogens with zero attached hydrogens (tertiary/aromatic N) is 2. The maximum atomic E-state index is 10.8. The van der Waals surface area contributed by atoms with Gasteiger partial charge in [0.2, 0.25) is 0 Å². The van der Waals surface area contributed by atoms with Crippen molar-refractivity contribution in [1.82, 2.24) is 10.1 Å². The van der Waals surface area contributed by atoms with Crippen molar-refractivity contribution in [2.24, 2.45) is 0 Å². The molecule has 0 saturated carbocycles. The molecule has 2 aliphatic rings. The van der Waals surface area contributed by atoms with Gasteiger partial charge in [-0.3, -0.25) is 4.79 Å². The van der Waals surface area contributed by atoms with Gasteiger partial charge in [-0.2, -0.15) is 13.5 Å². The molecule has 0 aliphatic carbocycles. The normalized spacial score (nSPS) is 26.7. The Morgan fingerprint density at radius 1 is 1.25 bits per heavy atom. The van der Waals surface area contributed by atoms with Crippen molar-refractivity contribution < 1.29 is 26.6 Å². The van der Waals surface area contributed by atoms with Crippen molar-refractivity contribution in [3.8, 4) is 0 Å². The molecule has 0 atom stereocenters. The van der Waals surface area contributed by atoms with Crippen LogP contribution in [0.25, 0.3) is 0 Å². The van der Waals surface area contributed by atoms with E-state index in [0.29, 0.717) is 5.06 Å². The number of urea groups is 1. The van der Waals surface area contributed by atoms with Crippen molar-refractivity contribution >= 4 is 22.3 Å². The van der Waals surface area contributed by atoms with E-state index in [1.54, 1.807) is 0 Å². The van der Waals surface area contributed by atoms with E-state index in [-0.39, 0.29) is 5.06 Å². The molecule has 3 amide bonds. The number of hydrogen-bond acceptors (Lipinski definition) is 6. The maximum Gasteiger partial charge on any atom is 0.442 e. The molecule has 0 aromatic rings. The number of fused-ring (bicyclic) bond motifs is 2. The highest BCUT2D eigenvalue weighted by atomic mass is 32.3. The molecule has 2 heterocycles. The van der Waals surface area contributed by atoms with Gasteiger partial charge in [0.15, 0.2) is 0 Å². The summed E-state index contributed by atoms with van der Waals surface area (Å²) >= 11 is 0. The van der Waals surface area contributed by atoms with Gasteiger partial charge in [-0.25, -0.2) is 4.79 Å². The molecule has 0 unspecified atom stereocenters. The van der Waals surface area contributed by atoms with Crippen LogP contribution in [0.3, 0.4) is 0 Å². The van der Waals surface area contributed by atoms with Crippen molar-refractivity contribution in [3.05, 3.63) is 0 Å². The number of carbonyl (C=O) groups excluding carboxylic acids is 2. The lowest BCUT2D eigenvalue weighted by Crippen LogP contribution is -2.42. The second kappa shape index (κ2) is 1.94. The standard InChI is InChI=1S/C3H2N2O6S/c6-2-1-4-3(7)5(2)11-12(8,9)10-4/h1H2. The quantitative estimate of drug-likeness (QED) is 0.430. The highest BCUT2D eigenvalue weighted by Crippen LogP contribution is 2.21. The average Bonchev–Trinajstić information content (AvgIpc) is 2.16. The molecule has 2 rings (SSSR count). The summed E-state index contributed by atoms with van der Waals surface area (Å²) in [5, 5.41) is 0.542. The zero-order valence-electron chi connectivity index (χ0n) is 5.46. The molecule has 0 aromatic carbocycles. The summed E-state index contributed by atoms with van der Waals surface area (Å²) in [5.74, 6) is -0.777. The van der Waals surface area contributed by atoms with E-state index < -0.39 is 28.9 Å². The number of rotatable bonds is 0. The monoisotopic (exact) mass is 194 g/mol. The fourth-order valence-corrected chi connectivity index (χ4v) is 1.50. The zero-order chi connectivity index (χ0) is 8.93. The molecule has 0 spiro atoms. The Labute approximate surface area is 66.5 Å². The van der Waals surface area contributed by atoms with Crippen molar-refractivity contribution in [1.29, 1.82) is 0 Å². The Morgan fingerprint density at radius 2 is 1.92 bits per heavy atom. The molecule has 0 N–H and O–H groups in total. The van der Waals surface area contributed by atoms with Crippen LogP contribution in [-0.2, 0) is 23.8 Å². The molecule has 8 nitrogen and oxygen atoms in total. The minimum Gasteiger partial charge on any atom is -0.270 e. The minimum absolute atomic E-state index is 0.138. The van der Waals surface area contributed by atoms with Crippen LogP contribution in [0.2, 0.25) is 0 Å². The van der Waals surface area contributed by atoms with Gasteiger partial charge in [-0.05, 0) is 0 Å². The van der Waals surface area contributed by atoms with Crippen LogP contribution >= 0.6 is 0 Å². The third-order valence-electron chi connectivity index (χ3n) is 1.24. The molecule has 2 bridgehead atoms. The molecule has 66 valence electrons. The molecule has 2 saturated heterocycles. The van der Waals surface area contributed by atoms with Crippen LogP contribution in [0.15, 0.2) is 0 Å². The third kappa shape index (κ3) is 0.873. The number of amides is 3. The van der Waals surface area contributed by atoms with Crippen LogP contribution in [0.4, 0.5) is 4.79 Å². The fourth-order valence-electron chi connectivity index (χ4n) is 0.809. The van der Waals surface area contributed by atoms with Gasteiger partial charge in [-0.15, -0.1) is 13.6 Å². The highest BCUT2D eigenvalue weighted by Gasteiger charge is 2.48. The summed E-state index contributed by atoms with van der Waals surface area (Å²) in [5.41, 5.74) is 0. The molecule has 2 fully saturated rings. The first-order valence-electron chi connectivity index (χ1n) is 2.78. The molecular formula is C3H2N2O6S. The zero-order valence-corrected chi connectivity index (χ0v) is 6.28. The Morgan fingerprint density at radius 3 is 2.50 bits per heavy atom. The van der Waals surface area contributed by atoms with E-state index in [9.17, 15) is 18.0 Å². The Balaban J connectivity index is 2.42. The fraction of sp³-hybridized carbons (Fsp3) is 0.333. The predicted molar refractivity (Wildman–Crippen MR) is 30.0 cm³/mol. The largest absolute Gasteiger partial charge is 0.442 e. The summed E-state index contributed by atoms with van der Waals surface area (Å²) in [6.45, 7) is -0.446.